The lowest BCUT2D eigenvalue weighted by atomic mass is 10.0. The number of cyclic esters (lactones) is 1. The number of carbonyl (C=O) groups excluding carboxylic acids is 1. The van der Waals surface area contributed by atoms with Gasteiger partial charge in [0.1, 0.15) is 11.9 Å². The lowest BCUT2D eigenvalue weighted by Gasteiger charge is -2.22. The highest BCUT2D eigenvalue weighted by Crippen LogP contribution is 2.20. The Bertz CT molecular complexity index is 511. The topological polar surface area (TPSA) is 35.5 Å². The first-order valence-corrected chi connectivity index (χ1v) is 5.97. The fraction of sp³-hybridized carbons (Fsp3) is 0.357. The second-order valence-electron chi connectivity index (χ2n) is 4.36. The van der Waals surface area contributed by atoms with Gasteiger partial charge in [0.05, 0.1) is 13.2 Å². The highest BCUT2D eigenvalue weighted by molar-refractivity contribution is 5.83. The standard InChI is InChI=1S/C14H14F2O3/c1-18-11-7-10(19-14(17)8-11)4-2-9-3-5-12(15)13(16)6-9/h3,5-6,8,10H,2,4,7H2,1H3/t10-/m0/s1. The molecule has 5 heteroatoms. The summed E-state index contributed by atoms with van der Waals surface area (Å²) >= 11 is 0. The zero-order chi connectivity index (χ0) is 13.8. The van der Waals surface area contributed by atoms with Crippen molar-refractivity contribution in [1.82, 2.24) is 0 Å². The van der Waals surface area contributed by atoms with E-state index in [2.05, 4.69) is 0 Å². The van der Waals surface area contributed by atoms with Gasteiger partial charge in [-0.2, -0.15) is 0 Å². The van der Waals surface area contributed by atoms with E-state index in [1.807, 2.05) is 0 Å². The largest absolute Gasteiger partial charge is 0.501 e. The summed E-state index contributed by atoms with van der Waals surface area (Å²) in [5, 5.41) is 0. The van der Waals surface area contributed by atoms with Gasteiger partial charge in [-0.1, -0.05) is 6.07 Å². The Kier molecular flexibility index (Phi) is 4.14. The minimum atomic E-state index is -0.865. The number of ether oxygens (including phenoxy) is 2. The van der Waals surface area contributed by atoms with Gasteiger partial charge in [0.25, 0.3) is 0 Å². The van der Waals surface area contributed by atoms with Crippen LogP contribution in [0.2, 0.25) is 0 Å². The Hall–Kier alpha value is -1.91. The predicted octanol–water partition coefficient (Wildman–Crippen LogP) is 2.74. The molecule has 1 aromatic rings. The normalized spacial score (nSPS) is 18.8. The Labute approximate surface area is 109 Å². The number of halogens is 2. The first-order valence-electron chi connectivity index (χ1n) is 5.97. The first kappa shape index (κ1) is 13.5. The van der Waals surface area contributed by atoms with Crippen LogP contribution >= 0.6 is 0 Å². The second-order valence-corrected chi connectivity index (χ2v) is 4.36. The predicted molar refractivity (Wildman–Crippen MR) is 64.3 cm³/mol. The van der Waals surface area contributed by atoms with E-state index in [0.29, 0.717) is 30.6 Å². The number of esters is 1. The van der Waals surface area contributed by atoms with Crippen LogP contribution in [0.3, 0.4) is 0 Å². The van der Waals surface area contributed by atoms with Crippen molar-refractivity contribution in [3.8, 4) is 0 Å². The van der Waals surface area contributed by atoms with Crippen molar-refractivity contribution in [2.45, 2.75) is 25.4 Å². The average Bonchev–Trinajstić information content (AvgIpc) is 2.39. The van der Waals surface area contributed by atoms with E-state index in [1.54, 1.807) is 0 Å². The van der Waals surface area contributed by atoms with Crippen LogP contribution in [0, 0.1) is 11.6 Å². The highest BCUT2D eigenvalue weighted by atomic mass is 19.2. The SMILES string of the molecule is COC1=CC(=O)O[C@@H](CCc2ccc(F)c(F)c2)C1. The van der Waals surface area contributed by atoms with Gasteiger partial charge in [-0.15, -0.1) is 0 Å². The van der Waals surface area contributed by atoms with Crippen LogP contribution in [-0.4, -0.2) is 19.2 Å². The summed E-state index contributed by atoms with van der Waals surface area (Å²) in [5.74, 6) is -1.59. The molecule has 0 spiro atoms. The molecule has 0 saturated carbocycles. The number of methoxy groups -OCH3 is 1. The van der Waals surface area contributed by atoms with Crippen molar-refractivity contribution in [3.63, 3.8) is 0 Å². The highest BCUT2D eigenvalue weighted by Gasteiger charge is 2.22. The molecule has 1 aliphatic heterocycles. The maximum Gasteiger partial charge on any atom is 0.334 e. The van der Waals surface area contributed by atoms with Gasteiger partial charge < -0.3 is 9.47 Å². The Morgan fingerprint density at radius 1 is 1.37 bits per heavy atom. The summed E-state index contributed by atoms with van der Waals surface area (Å²) in [6, 6.07) is 3.78. The smallest absolute Gasteiger partial charge is 0.334 e. The maximum absolute atomic E-state index is 13.0. The molecule has 0 unspecified atom stereocenters. The minimum Gasteiger partial charge on any atom is -0.501 e. The molecule has 0 radical (unpaired) electrons. The lowest BCUT2D eigenvalue weighted by Crippen LogP contribution is -2.23. The van der Waals surface area contributed by atoms with Gasteiger partial charge in [-0.25, -0.2) is 13.6 Å². The molecule has 0 fully saturated rings. The van der Waals surface area contributed by atoms with E-state index in [1.165, 1.54) is 19.3 Å². The maximum atomic E-state index is 13.0. The molecular formula is C14H14F2O3. The molecule has 1 heterocycles. The van der Waals surface area contributed by atoms with E-state index in [9.17, 15) is 13.6 Å². The van der Waals surface area contributed by atoms with Gasteiger partial charge in [0.2, 0.25) is 0 Å². The van der Waals surface area contributed by atoms with E-state index in [-0.39, 0.29) is 6.10 Å². The average molecular weight is 268 g/mol. The fourth-order valence-electron chi connectivity index (χ4n) is 1.98. The van der Waals surface area contributed by atoms with Gasteiger partial charge in [0, 0.05) is 6.42 Å². The van der Waals surface area contributed by atoms with E-state index < -0.39 is 17.6 Å². The number of hydrogen-bond donors (Lipinski definition) is 0. The number of hydrogen-bond acceptors (Lipinski definition) is 3. The number of carbonyl (C=O) groups is 1. The van der Waals surface area contributed by atoms with Crippen molar-refractivity contribution in [3.05, 3.63) is 47.2 Å². The van der Waals surface area contributed by atoms with Crippen LogP contribution in [0.1, 0.15) is 18.4 Å². The molecule has 0 N–H and O–H groups in total. The lowest BCUT2D eigenvalue weighted by molar-refractivity contribution is -0.145. The third-order valence-electron chi connectivity index (χ3n) is 2.99. The minimum absolute atomic E-state index is 0.291. The third kappa shape index (κ3) is 3.53. The van der Waals surface area contributed by atoms with Crippen LogP contribution in [0.15, 0.2) is 30.0 Å². The van der Waals surface area contributed by atoms with Crippen LogP contribution < -0.4 is 0 Å². The molecule has 2 rings (SSSR count). The molecule has 0 bridgehead atoms. The number of aryl methyl sites for hydroxylation is 1. The summed E-state index contributed by atoms with van der Waals surface area (Å²) < 4.78 is 36.0. The summed E-state index contributed by atoms with van der Waals surface area (Å²) in [4.78, 5) is 11.3. The summed E-state index contributed by atoms with van der Waals surface area (Å²) in [6.07, 6.45) is 2.57. The third-order valence-corrected chi connectivity index (χ3v) is 2.99. The summed E-state index contributed by atoms with van der Waals surface area (Å²) in [5.41, 5.74) is 0.670. The summed E-state index contributed by atoms with van der Waals surface area (Å²) in [7, 11) is 1.50. The number of benzene rings is 1. The Balaban J connectivity index is 1.94. The van der Waals surface area contributed by atoms with Crippen LogP contribution in [0.5, 0.6) is 0 Å². The van der Waals surface area contributed by atoms with E-state index in [4.69, 9.17) is 9.47 Å². The van der Waals surface area contributed by atoms with E-state index in [0.717, 1.165) is 12.1 Å². The zero-order valence-corrected chi connectivity index (χ0v) is 10.5. The zero-order valence-electron chi connectivity index (χ0n) is 10.5. The Morgan fingerprint density at radius 2 is 2.16 bits per heavy atom. The molecule has 19 heavy (non-hydrogen) atoms. The molecule has 1 aliphatic rings. The van der Waals surface area contributed by atoms with Crippen molar-refractivity contribution >= 4 is 5.97 Å². The van der Waals surface area contributed by atoms with Crippen molar-refractivity contribution in [2.24, 2.45) is 0 Å². The monoisotopic (exact) mass is 268 g/mol. The molecule has 3 nitrogen and oxygen atoms in total. The molecule has 0 aliphatic carbocycles. The van der Waals surface area contributed by atoms with Gasteiger partial charge in [0.15, 0.2) is 11.6 Å². The van der Waals surface area contributed by atoms with Crippen LogP contribution in [-0.2, 0) is 20.7 Å². The van der Waals surface area contributed by atoms with E-state index >= 15 is 0 Å². The van der Waals surface area contributed by atoms with Crippen molar-refractivity contribution in [2.75, 3.05) is 7.11 Å². The van der Waals surface area contributed by atoms with Crippen LogP contribution in [0.25, 0.3) is 0 Å². The molecule has 0 amide bonds. The van der Waals surface area contributed by atoms with Crippen LogP contribution in [0.4, 0.5) is 8.78 Å². The molecule has 0 saturated heterocycles. The molecule has 1 aromatic carbocycles. The van der Waals surface area contributed by atoms with Gasteiger partial charge in [-0.3, -0.25) is 0 Å². The van der Waals surface area contributed by atoms with Gasteiger partial charge >= 0.3 is 5.97 Å². The fourth-order valence-corrected chi connectivity index (χ4v) is 1.98. The van der Waals surface area contributed by atoms with Gasteiger partial charge in [-0.05, 0) is 30.5 Å². The van der Waals surface area contributed by atoms with Crippen molar-refractivity contribution < 1.29 is 23.0 Å². The quantitative estimate of drug-likeness (QED) is 0.788. The number of rotatable bonds is 4. The van der Waals surface area contributed by atoms with Crippen molar-refractivity contribution in [1.29, 1.82) is 0 Å². The molecule has 102 valence electrons. The molecule has 0 aromatic heterocycles. The molecule has 1 atom stereocenters. The summed E-state index contributed by atoms with van der Waals surface area (Å²) in [6.45, 7) is 0. The Morgan fingerprint density at radius 3 is 2.84 bits per heavy atom. The second kappa shape index (κ2) is 5.82. The first-order chi connectivity index (χ1) is 9.08. The molecular weight excluding hydrogens is 254 g/mol.